The van der Waals surface area contributed by atoms with Crippen molar-refractivity contribution in [3.05, 3.63) is 0 Å². The van der Waals surface area contributed by atoms with E-state index in [1.54, 1.807) is 0 Å². The van der Waals surface area contributed by atoms with Crippen LogP contribution in [-0.2, 0) is 0 Å². The second-order valence-electron chi connectivity index (χ2n) is 6.10. The van der Waals surface area contributed by atoms with Gasteiger partial charge in [0.2, 0.25) is 0 Å². The molecule has 0 saturated carbocycles. The van der Waals surface area contributed by atoms with E-state index in [9.17, 15) is 5.11 Å². The highest BCUT2D eigenvalue weighted by molar-refractivity contribution is 4.95. The van der Waals surface area contributed by atoms with Crippen molar-refractivity contribution in [2.75, 3.05) is 33.2 Å². The predicted octanol–water partition coefficient (Wildman–Crippen LogP) is 1.71. The number of hydrogen-bond acceptors (Lipinski definition) is 3. The zero-order valence-corrected chi connectivity index (χ0v) is 11.5. The van der Waals surface area contributed by atoms with E-state index in [0.717, 1.165) is 32.0 Å². The van der Waals surface area contributed by atoms with Crippen LogP contribution in [0.2, 0.25) is 0 Å². The van der Waals surface area contributed by atoms with Crippen molar-refractivity contribution >= 4 is 0 Å². The third-order valence-corrected chi connectivity index (χ3v) is 4.45. The van der Waals surface area contributed by atoms with Crippen LogP contribution in [0.1, 0.15) is 45.4 Å². The molecule has 2 fully saturated rings. The molecule has 0 radical (unpaired) electrons. The van der Waals surface area contributed by atoms with Crippen molar-refractivity contribution in [3.8, 4) is 0 Å². The number of aliphatic hydroxyl groups is 1. The second-order valence-corrected chi connectivity index (χ2v) is 6.10. The minimum Gasteiger partial charge on any atom is -0.387 e. The third kappa shape index (κ3) is 3.43. The molecule has 2 aliphatic rings. The van der Waals surface area contributed by atoms with Crippen molar-refractivity contribution in [2.24, 2.45) is 0 Å². The Morgan fingerprint density at radius 2 is 2.06 bits per heavy atom. The minimum atomic E-state index is -0.354. The minimum absolute atomic E-state index is 0.354. The molecule has 1 atom stereocenters. The molecule has 1 unspecified atom stereocenters. The maximum Gasteiger partial charge on any atom is 0.0900 e. The van der Waals surface area contributed by atoms with Gasteiger partial charge in [-0.3, -0.25) is 4.90 Å². The van der Waals surface area contributed by atoms with E-state index in [0.29, 0.717) is 0 Å². The highest BCUT2D eigenvalue weighted by Crippen LogP contribution is 2.27. The van der Waals surface area contributed by atoms with E-state index in [1.807, 2.05) is 0 Å². The quantitative estimate of drug-likeness (QED) is 0.792. The average Bonchev–Trinajstić information content (AvgIpc) is 2.25. The van der Waals surface area contributed by atoms with Crippen LogP contribution in [0.3, 0.4) is 0 Å². The Hall–Kier alpha value is -0.120. The summed E-state index contributed by atoms with van der Waals surface area (Å²) in [4.78, 5) is 4.93. The molecule has 0 amide bonds. The van der Waals surface area contributed by atoms with Crippen LogP contribution in [0.25, 0.3) is 0 Å². The largest absolute Gasteiger partial charge is 0.387 e. The standard InChI is InChI=1S/C14H28N2O/c1-3-8-14(17)11-16(12-14)10-7-13-6-4-5-9-15(13)2/h13,17H,3-12H2,1-2H3. The van der Waals surface area contributed by atoms with Crippen molar-refractivity contribution in [2.45, 2.75) is 57.1 Å². The van der Waals surface area contributed by atoms with Crippen LogP contribution in [0.15, 0.2) is 0 Å². The molecule has 3 heteroatoms. The molecule has 0 spiro atoms. The molecular weight excluding hydrogens is 212 g/mol. The molecule has 2 saturated heterocycles. The van der Waals surface area contributed by atoms with Crippen LogP contribution >= 0.6 is 0 Å². The molecular formula is C14H28N2O. The fourth-order valence-electron chi connectivity index (χ4n) is 3.41. The lowest BCUT2D eigenvalue weighted by atomic mass is 9.88. The van der Waals surface area contributed by atoms with Gasteiger partial charge in [0.1, 0.15) is 0 Å². The van der Waals surface area contributed by atoms with Crippen molar-refractivity contribution in [3.63, 3.8) is 0 Å². The molecule has 0 aromatic heterocycles. The van der Waals surface area contributed by atoms with Gasteiger partial charge in [-0.15, -0.1) is 0 Å². The first kappa shape index (κ1) is 13.3. The number of likely N-dealkylation sites (tertiary alicyclic amines) is 2. The van der Waals surface area contributed by atoms with Crippen LogP contribution in [0.5, 0.6) is 0 Å². The zero-order valence-electron chi connectivity index (χ0n) is 11.5. The van der Waals surface area contributed by atoms with E-state index < -0.39 is 0 Å². The number of rotatable bonds is 5. The van der Waals surface area contributed by atoms with Crippen molar-refractivity contribution in [1.82, 2.24) is 9.80 Å². The van der Waals surface area contributed by atoms with Gasteiger partial charge in [-0.05, 0) is 45.8 Å². The number of β-amino-alcohol motifs (C(OH)–C–C–N with tert-alkyl or cyclic N) is 1. The fraction of sp³-hybridized carbons (Fsp3) is 1.00. The Morgan fingerprint density at radius 3 is 2.71 bits per heavy atom. The van der Waals surface area contributed by atoms with Crippen LogP contribution in [0, 0.1) is 0 Å². The van der Waals surface area contributed by atoms with Crippen LogP contribution in [-0.4, -0.2) is 59.8 Å². The lowest BCUT2D eigenvalue weighted by Gasteiger charge is -2.47. The van der Waals surface area contributed by atoms with Gasteiger partial charge in [0.05, 0.1) is 5.60 Å². The van der Waals surface area contributed by atoms with Crippen LogP contribution in [0.4, 0.5) is 0 Å². The number of hydrogen-bond donors (Lipinski definition) is 1. The number of piperidine rings is 1. The predicted molar refractivity (Wildman–Crippen MR) is 71.2 cm³/mol. The Balaban J connectivity index is 1.64. The molecule has 3 nitrogen and oxygen atoms in total. The summed E-state index contributed by atoms with van der Waals surface area (Å²) in [5.41, 5.74) is -0.354. The first-order chi connectivity index (χ1) is 8.13. The molecule has 100 valence electrons. The van der Waals surface area contributed by atoms with Gasteiger partial charge >= 0.3 is 0 Å². The van der Waals surface area contributed by atoms with Gasteiger partial charge in [-0.1, -0.05) is 19.8 Å². The average molecular weight is 240 g/mol. The third-order valence-electron chi connectivity index (χ3n) is 4.45. The summed E-state index contributed by atoms with van der Waals surface area (Å²) in [7, 11) is 2.26. The molecule has 2 aliphatic heterocycles. The van der Waals surface area contributed by atoms with Crippen LogP contribution < -0.4 is 0 Å². The molecule has 2 rings (SSSR count). The van der Waals surface area contributed by atoms with Gasteiger partial charge in [0.15, 0.2) is 0 Å². The summed E-state index contributed by atoms with van der Waals surface area (Å²) in [5, 5.41) is 10.1. The molecule has 17 heavy (non-hydrogen) atoms. The monoisotopic (exact) mass is 240 g/mol. The van der Waals surface area contributed by atoms with Gasteiger partial charge in [0, 0.05) is 19.1 Å². The first-order valence-electron chi connectivity index (χ1n) is 7.28. The maximum absolute atomic E-state index is 10.1. The Labute approximate surface area is 106 Å². The molecule has 2 heterocycles. The molecule has 1 N–H and O–H groups in total. The SMILES string of the molecule is CCCC1(O)CN(CCC2CCCCN2C)C1. The fourth-order valence-corrected chi connectivity index (χ4v) is 3.41. The highest BCUT2D eigenvalue weighted by Gasteiger charge is 2.39. The zero-order chi connectivity index (χ0) is 12.3. The number of nitrogens with zero attached hydrogens (tertiary/aromatic N) is 2. The van der Waals surface area contributed by atoms with E-state index in [1.165, 1.54) is 38.8 Å². The van der Waals surface area contributed by atoms with E-state index in [2.05, 4.69) is 23.8 Å². The van der Waals surface area contributed by atoms with Crippen molar-refractivity contribution in [1.29, 1.82) is 0 Å². The summed E-state index contributed by atoms with van der Waals surface area (Å²) < 4.78 is 0. The Kier molecular flexibility index (Phi) is 4.45. The van der Waals surface area contributed by atoms with Gasteiger partial charge in [-0.2, -0.15) is 0 Å². The normalized spacial score (nSPS) is 30.2. The van der Waals surface area contributed by atoms with E-state index in [4.69, 9.17) is 0 Å². The first-order valence-corrected chi connectivity index (χ1v) is 7.28. The van der Waals surface area contributed by atoms with E-state index in [-0.39, 0.29) is 5.60 Å². The molecule has 0 bridgehead atoms. The van der Waals surface area contributed by atoms with Gasteiger partial charge in [0.25, 0.3) is 0 Å². The summed E-state index contributed by atoms with van der Waals surface area (Å²) in [6, 6.07) is 0.781. The summed E-state index contributed by atoms with van der Waals surface area (Å²) in [6.45, 7) is 6.39. The summed E-state index contributed by atoms with van der Waals surface area (Å²) >= 11 is 0. The van der Waals surface area contributed by atoms with Gasteiger partial charge in [-0.25, -0.2) is 0 Å². The Bertz CT molecular complexity index is 238. The van der Waals surface area contributed by atoms with Crippen molar-refractivity contribution < 1.29 is 5.11 Å². The smallest absolute Gasteiger partial charge is 0.0900 e. The summed E-state index contributed by atoms with van der Waals surface area (Å²) in [6.07, 6.45) is 7.46. The van der Waals surface area contributed by atoms with Gasteiger partial charge < -0.3 is 10.0 Å². The topological polar surface area (TPSA) is 26.7 Å². The Morgan fingerprint density at radius 1 is 1.29 bits per heavy atom. The highest BCUT2D eigenvalue weighted by atomic mass is 16.3. The maximum atomic E-state index is 10.1. The molecule has 0 aromatic rings. The van der Waals surface area contributed by atoms with E-state index >= 15 is 0 Å². The molecule has 0 aromatic carbocycles. The lowest BCUT2D eigenvalue weighted by molar-refractivity contribution is -0.104. The second kappa shape index (κ2) is 5.68. The lowest BCUT2D eigenvalue weighted by Crippen LogP contribution is -2.62. The molecule has 0 aliphatic carbocycles. The summed E-state index contributed by atoms with van der Waals surface area (Å²) in [5.74, 6) is 0.